The van der Waals surface area contributed by atoms with Crippen molar-refractivity contribution in [2.24, 2.45) is 0 Å². The lowest BCUT2D eigenvalue weighted by atomic mass is 10.1. The van der Waals surface area contributed by atoms with Crippen LogP contribution < -0.4 is 5.32 Å². The maximum Gasteiger partial charge on any atom is 0.238 e. The Kier molecular flexibility index (Phi) is 4.80. The number of carbonyl (C=O) groups excluding carboxylic acids is 1. The molecule has 0 radical (unpaired) electrons. The minimum absolute atomic E-state index is 0.0579. The number of amides is 1. The first kappa shape index (κ1) is 16.9. The van der Waals surface area contributed by atoms with Gasteiger partial charge in [-0.3, -0.25) is 9.36 Å². The first-order valence-electron chi connectivity index (χ1n) is 8.83. The third-order valence-electron chi connectivity index (χ3n) is 4.37. The summed E-state index contributed by atoms with van der Waals surface area (Å²) >= 11 is 1.49. The van der Waals surface area contributed by atoms with Gasteiger partial charge in [-0.05, 0) is 43.0 Å². The monoisotopic (exact) mass is 363 g/mol. The van der Waals surface area contributed by atoms with Gasteiger partial charge in [0.1, 0.15) is 5.25 Å². The molecule has 1 unspecified atom stereocenters. The number of aryl methyl sites for hydroxylation is 1. The lowest BCUT2D eigenvalue weighted by Gasteiger charge is -2.17. The Bertz CT molecular complexity index is 902. The maximum atomic E-state index is 12.9. The van der Waals surface area contributed by atoms with Crippen molar-refractivity contribution >= 4 is 17.7 Å². The number of aromatic nitrogens is 2. The van der Waals surface area contributed by atoms with Crippen LogP contribution in [0.2, 0.25) is 0 Å². The highest BCUT2D eigenvalue weighted by atomic mass is 32.2. The summed E-state index contributed by atoms with van der Waals surface area (Å²) in [6, 6.07) is 18.5. The van der Waals surface area contributed by atoms with Crippen molar-refractivity contribution in [1.82, 2.24) is 14.9 Å². The van der Waals surface area contributed by atoms with Gasteiger partial charge in [-0.15, -0.1) is 0 Å². The highest BCUT2D eigenvalue weighted by molar-refractivity contribution is 8.00. The van der Waals surface area contributed by atoms with Crippen LogP contribution in [0, 0.1) is 6.92 Å². The van der Waals surface area contributed by atoms with Gasteiger partial charge in [0, 0.05) is 24.1 Å². The van der Waals surface area contributed by atoms with E-state index in [0.717, 1.165) is 29.2 Å². The summed E-state index contributed by atoms with van der Waals surface area (Å²) in [7, 11) is 0. The van der Waals surface area contributed by atoms with Crippen LogP contribution in [0.4, 0.5) is 0 Å². The van der Waals surface area contributed by atoms with Gasteiger partial charge < -0.3 is 5.32 Å². The minimum Gasteiger partial charge on any atom is -0.352 e. The van der Waals surface area contributed by atoms with Gasteiger partial charge in [-0.2, -0.15) is 0 Å². The van der Waals surface area contributed by atoms with Crippen LogP contribution in [0.15, 0.2) is 72.1 Å². The largest absolute Gasteiger partial charge is 0.352 e. The molecule has 1 saturated carbocycles. The Morgan fingerprint density at radius 1 is 1.19 bits per heavy atom. The highest BCUT2D eigenvalue weighted by Gasteiger charge is 2.30. The average Bonchev–Trinajstić information content (AvgIpc) is 3.34. The number of benzene rings is 2. The van der Waals surface area contributed by atoms with Crippen LogP contribution in [0.25, 0.3) is 5.69 Å². The molecule has 1 aromatic heterocycles. The second kappa shape index (κ2) is 7.38. The highest BCUT2D eigenvalue weighted by Crippen LogP contribution is 2.36. The van der Waals surface area contributed by atoms with E-state index in [2.05, 4.69) is 35.4 Å². The first-order chi connectivity index (χ1) is 12.7. The molecule has 1 heterocycles. The molecule has 1 aliphatic rings. The molecular weight excluding hydrogens is 342 g/mol. The Balaban J connectivity index is 1.64. The molecule has 0 aliphatic heterocycles. The molecule has 132 valence electrons. The molecule has 0 bridgehead atoms. The van der Waals surface area contributed by atoms with Gasteiger partial charge in [0.05, 0.1) is 0 Å². The fraction of sp³-hybridized carbons (Fsp3) is 0.238. The maximum absolute atomic E-state index is 12.9. The van der Waals surface area contributed by atoms with Gasteiger partial charge in [0.2, 0.25) is 5.91 Å². The van der Waals surface area contributed by atoms with Crippen molar-refractivity contribution in [3.8, 4) is 5.69 Å². The Morgan fingerprint density at radius 3 is 2.73 bits per heavy atom. The molecule has 1 aliphatic carbocycles. The Hall–Kier alpha value is -2.53. The van der Waals surface area contributed by atoms with E-state index >= 15 is 0 Å². The lowest BCUT2D eigenvalue weighted by molar-refractivity contribution is -0.120. The van der Waals surface area contributed by atoms with Gasteiger partial charge in [0.15, 0.2) is 5.16 Å². The summed E-state index contributed by atoms with van der Waals surface area (Å²) in [6.45, 7) is 2.07. The van der Waals surface area contributed by atoms with Crippen LogP contribution in [0.1, 0.15) is 29.2 Å². The molecule has 5 heteroatoms. The van der Waals surface area contributed by atoms with Crippen LogP contribution in [-0.2, 0) is 4.79 Å². The zero-order valence-corrected chi connectivity index (χ0v) is 15.4. The summed E-state index contributed by atoms with van der Waals surface area (Å²) in [5.74, 6) is 0.0579. The van der Waals surface area contributed by atoms with Gasteiger partial charge in [-0.25, -0.2) is 4.98 Å². The topological polar surface area (TPSA) is 46.9 Å². The van der Waals surface area contributed by atoms with Crippen molar-refractivity contribution < 1.29 is 4.79 Å². The summed E-state index contributed by atoms with van der Waals surface area (Å²) < 4.78 is 2.04. The molecule has 26 heavy (non-hydrogen) atoms. The number of carbonyl (C=O) groups is 1. The van der Waals surface area contributed by atoms with Crippen molar-refractivity contribution in [3.63, 3.8) is 0 Å². The first-order valence-corrected chi connectivity index (χ1v) is 9.71. The summed E-state index contributed by atoms with van der Waals surface area (Å²) in [6.07, 6.45) is 5.88. The zero-order chi connectivity index (χ0) is 17.9. The van der Waals surface area contributed by atoms with E-state index in [9.17, 15) is 4.79 Å². The number of hydrogen-bond acceptors (Lipinski definition) is 3. The van der Waals surface area contributed by atoms with E-state index in [1.54, 1.807) is 6.20 Å². The van der Waals surface area contributed by atoms with E-state index in [-0.39, 0.29) is 11.2 Å². The van der Waals surface area contributed by atoms with Crippen LogP contribution in [-0.4, -0.2) is 21.5 Å². The van der Waals surface area contributed by atoms with Crippen LogP contribution in [0.3, 0.4) is 0 Å². The minimum atomic E-state index is -0.317. The van der Waals surface area contributed by atoms with Gasteiger partial charge >= 0.3 is 0 Å². The van der Waals surface area contributed by atoms with E-state index in [4.69, 9.17) is 0 Å². The molecule has 4 nitrogen and oxygen atoms in total. The average molecular weight is 363 g/mol. The number of thioether (sulfide) groups is 1. The molecule has 3 aromatic rings. The molecule has 4 rings (SSSR count). The molecule has 1 fully saturated rings. The predicted molar refractivity (Wildman–Crippen MR) is 105 cm³/mol. The van der Waals surface area contributed by atoms with E-state index in [1.165, 1.54) is 17.3 Å². The lowest BCUT2D eigenvalue weighted by Crippen LogP contribution is -2.29. The van der Waals surface area contributed by atoms with Crippen molar-refractivity contribution in [3.05, 3.63) is 78.1 Å². The predicted octanol–water partition coefficient (Wildman–Crippen LogP) is 4.29. The second-order valence-electron chi connectivity index (χ2n) is 6.61. The van der Waals surface area contributed by atoms with Gasteiger partial charge in [0.25, 0.3) is 0 Å². The van der Waals surface area contributed by atoms with E-state index < -0.39 is 0 Å². The smallest absolute Gasteiger partial charge is 0.238 e. The Morgan fingerprint density at radius 2 is 2.00 bits per heavy atom. The SMILES string of the molecule is Cc1cccc(-n2ccnc2SC(C(=O)NC2CC2)c2ccccc2)c1. The summed E-state index contributed by atoms with van der Waals surface area (Å²) in [5.41, 5.74) is 3.24. The van der Waals surface area contributed by atoms with Crippen molar-refractivity contribution in [1.29, 1.82) is 0 Å². The van der Waals surface area contributed by atoms with E-state index in [1.807, 2.05) is 47.2 Å². The van der Waals surface area contributed by atoms with Crippen LogP contribution in [0.5, 0.6) is 0 Å². The standard InChI is InChI=1S/C21H21N3OS/c1-15-6-5-9-18(14-15)24-13-12-22-21(24)26-19(16-7-3-2-4-8-16)20(25)23-17-10-11-17/h2-9,12-14,17,19H,10-11H2,1H3,(H,23,25). The molecule has 1 atom stereocenters. The molecule has 1 N–H and O–H groups in total. The van der Waals surface area contributed by atoms with Crippen molar-refractivity contribution in [2.75, 3.05) is 0 Å². The second-order valence-corrected chi connectivity index (χ2v) is 7.68. The number of nitrogens with one attached hydrogen (secondary N) is 1. The Labute approximate surface area is 157 Å². The third-order valence-corrected chi connectivity index (χ3v) is 5.61. The number of nitrogens with zero attached hydrogens (tertiary/aromatic N) is 2. The third kappa shape index (κ3) is 3.83. The molecule has 2 aromatic carbocycles. The quantitative estimate of drug-likeness (QED) is 0.665. The fourth-order valence-electron chi connectivity index (χ4n) is 2.86. The molecular formula is C21H21N3OS. The summed E-state index contributed by atoms with van der Waals surface area (Å²) in [4.78, 5) is 17.4. The number of imidazole rings is 1. The number of hydrogen-bond donors (Lipinski definition) is 1. The van der Waals surface area contributed by atoms with Gasteiger partial charge in [-0.1, -0.05) is 54.2 Å². The molecule has 0 saturated heterocycles. The zero-order valence-electron chi connectivity index (χ0n) is 14.6. The van der Waals surface area contributed by atoms with Crippen molar-refractivity contribution in [2.45, 2.75) is 36.2 Å². The fourth-order valence-corrected chi connectivity index (χ4v) is 3.94. The normalized spacial score (nSPS) is 14.8. The van der Waals surface area contributed by atoms with E-state index in [0.29, 0.717) is 6.04 Å². The molecule has 1 amide bonds. The molecule has 0 spiro atoms. The number of rotatable bonds is 6. The summed E-state index contributed by atoms with van der Waals surface area (Å²) in [5, 5.41) is 3.63. The van der Waals surface area contributed by atoms with Crippen LogP contribution >= 0.6 is 11.8 Å².